The lowest BCUT2D eigenvalue weighted by molar-refractivity contribution is -0.120. The van der Waals surface area contributed by atoms with Crippen molar-refractivity contribution in [1.82, 2.24) is 15.7 Å². The van der Waals surface area contributed by atoms with Crippen molar-refractivity contribution in [3.63, 3.8) is 0 Å². The summed E-state index contributed by atoms with van der Waals surface area (Å²) >= 11 is 0. The van der Waals surface area contributed by atoms with E-state index in [9.17, 15) is 9.59 Å². The first-order valence-electron chi connectivity index (χ1n) is 10.1. The van der Waals surface area contributed by atoms with Crippen LogP contribution >= 0.6 is 0 Å². The van der Waals surface area contributed by atoms with E-state index in [0.29, 0.717) is 17.1 Å². The van der Waals surface area contributed by atoms with E-state index in [-0.39, 0.29) is 12.5 Å². The molecule has 0 fully saturated rings. The second-order valence-electron chi connectivity index (χ2n) is 7.22. The van der Waals surface area contributed by atoms with Crippen LogP contribution in [-0.4, -0.2) is 43.3 Å². The molecule has 3 aromatic rings. The number of para-hydroxylation sites is 1. The molecule has 1 aliphatic rings. The molecule has 8 nitrogen and oxygen atoms in total. The first kappa shape index (κ1) is 20.5. The van der Waals surface area contributed by atoms with Gasteiger partial charge in [0.05, 0.1) is 26.5 Å². The first-order chi connectivity index (χ1) is 15.1. The van der Waals surface area contributed by atoms with Crippen LogP contribution in [0.15, 0.2) is 47.6 Å². The third kappa shape index (κ3) is 4.23. The van der Waals surface area contributed by atoms with Gasteiger partial charge in [-0.05, 0) is 43.5 Å². The minimum absolute atomic E-state index is 0.190. The Bertz CT molecular complexity index is 1170. The van der Waals surface area contributed by atoms with Gasteiger partial charge in [0.15, 0.2) is 11.5 Å². The largest absolute Gasteiger partial charge is 0.493 e. The van der Waals surface area contributed by atoms with Crippen molar-refractivity contribution in [3.8, 4) is 11.5 Å². The van der Waals surface area contributed by atoms with Gasteiger partial charge in [-0.1, -0.05) is 18.2 Å². The van der Waals surface area contributed by atoms with Crippen LogP contribution in [0.25, 0.3) is 10.9 Å². The summed E-state index contributed by atoms with van der Waals surface area (Å²) in [5, 5.41) is 8.06. The molecule has 0 unspecified atom stereocenters. The van der Waals surface area contributed by atoms with Gasteiger partial charge in [0, 0.05) is 27.7 Å². The fraction of sp³-hybridized carbons (Fsp3) is 0.261. The fourth-order valence-corrected chi connectivity index (χ4v) is 3.79. The maximum Gasteiger partial charge on any atom is 0.259 e. The molecule has 0 radical (unpaired) electrons. The number of amides is 2. The standard InChI is InChI=1S/C23H24N4O4/c1-30-19-11-10-14(12-20(19)31-2)23(29)24-13-21(28)27-26-18-9-5-8-17-22(18)15-6-3-4-7-16(15)25-17/h3-4,6-7,10-12,25H,5,8-9,13H2,1-2H3,(H,24,29)(H,27,28)/b26-18+. The third-order valence-corrected chi connectivity index (χ3v) is 5.28. The number of nitrogens with one attached hydrogen (secondary N) is 3. The number of aromatic amines is 1. The number of H-pyrrole nitrogens is 1. The molecule has 1 heterocycles. The Morgan fingerprint density at radius 1 is 1.06 bits per heavy atom. The Labute approximate surface area is 179 Å². The topological polar surface area (TPSA) is 105 Å². The van der Waals surface area contributed by atoms with E-state index < -0.39 is 5.91 Å². The van der Waals surface area contributed by atoms with E-state index in [4.69, 9.17) is 9.47 Å². The number of rotatable bonds is 6. The highest BCUT2D eigenvalue weighted by Gasteiger charge is 2.21. The number of hydrogen-bond acceptors (Lipinski definition) is 5. The van der Waals surface area contributed by atoms with Crippen molar-refractivity contribution in [2.75, 3.05) is 20.8 Å². The number of methoxy groups -OCH3 is 2. The molecule has 2 aromatic carbocycles. The minimum Gasteiger partial charge on any atom is -0.493 e. The van der Waals surface area contributed by atoms with Crippen molar-refractivity contribution in [2.24, 2.45) is 5.10 Å². The van der Waals surface area contributed by atoms with Crippen LogP contribution < -0.4 is 20.2 Å². The molecule has 0 bridgehead atoms. The molecule has 1 aromatic heterocycles. The van der Waals surface area contributed by atoms with Gasteiger partial charge >= 0.3 is 0 Å². The fourth-order valence-electron chi connectivity index (χ4n) is 3.79. The zero-order valence-corrected chi connectivity index (χ0v) is 17.5. The molecule has 3 N–H and O–H groups in total. The Kier molecular flexibility index (Phi) is 5.88. The average Bonchev–Trinajstić information content (AvgIpc) is 3.20. The van der Waals surface area contributed by atoms with Gasteiger partial charge in [-0.25, -0.2) is 5.43 Å². The third-order valence-electron chi connectivity index (χ3n) is 5.28. The van der Waals surface area contributed by atoms with E-state index in [0.717, 1.165) is 47.1 Å². The normalized spacial score (nSPS) is 14.2. The maximum absolute atomic E-state index is 12.4. The summed E-state index contributed by atoms with van der Waals surface area (Å²) in [5.41, 5.74) is 7.06. The number of ether oxygens (including phenoxy) is 2. The highest BCUT2D eigenvalue weighted by molar-refractivity contribution is 6.13. The van der Waals surface area contributed by atoms with Crippen LogP contribution in [0.2, 0.25) is 0 Å². The van der Waals surface area contributed by atoms with E-state index in [1.54, 1.807) is 18.2 Å². The summed E-state index contributed by atoms with van der Waals surface area (Å²) in [6.45, 7) is -0.190. The number of hydrogen-bond donors (Lipinski definition) is 3. The monoisotopic (exact) mass is 420 g/mol. The molecule has 0 aliphatic heterocycles. The van der Waals surface area contributed by atoms with Crippen LogP contribution in [0.1, 0.15) is 34.5 Å². The van der Waals surface area contributed by atoms with Gasteiger partial charge < -0.3 is 19.8 Å². The Balaban J connectivity index is 1.40. The number of aromatic nitrogens is 1. The van der Waals surface area contributed by atoms with Crippen LogP contribution in [-0.2, 0) is 11.2 Å². The van der Waals surface area contributed by atoms with Crippen molar-refractivity contribution < 1.29 is 19.1 Å². The zero-order valence-electron chi connectivity index (χ0n) is 17.5. The number of carbonyl (C=O) groups excluding carboxylic acids is 2. The quantitative estimate of drug-likeness (QED) is 0.533. The van der Waals surface area contributed by atoms with Crippen molar-refractivity contribution >= 4 is 28.4 Å². The Morgan fingerprint density at radius 3 is 2.68 bits per heavy atom. The number of nitrogens with zero attached hydrogens (tertiary/aromatic N) is 1. The molecule has 0 saturated heterocycles. The number of benzene rings is 2. The van der Waals surface area contributed by atoms with Crippen LogP contribution in [0.3, 0.4) is 0 Å². The summed E-state index contributed by atoms with van der Waals surface area (Å²) in [6, 6.07) is 12.9. The molecule has 0 saturated carbocycles. The van der Waals surface area contributed by atoms with Gasteiger partial charge in [0.25, 0.3) is 11.8 Å². The molecular formula is C23H24N4O4. The van der Waals surface area contributed by atoms with Crippen molar-refractivity contribution in [1.29, 1.82) is 0 Å². The number of fused-ring (bicyclic) bond motifs is 3. The van der Waals surface area contributed by atoms with Crippen LogP contribution in [0, 0.1) is 0 Å². The summed E-state index contributed by atoms with van der Waals surface area (Å²) in [6.07, 6.45) is 2.70. The minimum atomic E-state index is -0.395. The maximum atomic E-state index is 12.4. The van der Waals surface area contributed by atoms with Crippen molar-refractivity contribution in [2.45, 2.75) is 19.3 Å². The second kappa shape index (κ2) is 8.91. The SMILES string of the molecule is COc1ccc(C(=O)NCC(=O)N/N=C2\CCCc3[nH]c4ccccc4c32)cc1OC. The van der Waals surface area contributed by atoms with E-state index in [1.165, 1.54) is 14.2 Å². The first-order valence-corrected chi connectivity index (χ1v) is 10.1. The highest BCUT2D eigenvalue weighted by atomic mass is 16.5. The molecule has 160 valence electrons. The lowest BCUT2D eigenvalue weighted by Crippen LogP contribution is -2.35. The smallest absolute Gasteiger partial charge is 0.259 e. The van der Waals surface area contributed by atoms with E-state index >= 15 is 0 Å². The van der Waals surface area contributed by atoms with Gasteiger partial charge in [-0.2, -0.15) is 5.10 Å². The zero-order chi connectivity index (χ0) is 21.8. The molecule has 0 spiro atoms. The molecule has 1 aliphatic carbocycles. The van der Waals surface area contributed by atoms with Gasteiger partial charge in [-0.15, -0.1) is 0 Å². The van der Waals surface area contributed by atoms with Gasteiger partial charge in [0.2, 0.25) is 0 Å². The lowest BCUT2D eigenvalue weighted by atomic mass is 9.94. The number of hydrazone groups is 1. The predicted octanol–water partition coefficient (Wildman–Crippen LogP) is 2.77. The molecule has 4 rings (SSSR count). The summed E-state index contributed by atoms with van der Waals surface area (Å²) in [5.74, 6) is 0.184. The van der Waals surface area contributed by atoms with Crippen molar-refractivity contribution in [3.05, 3.63) is 59.3 Å². The Hall–Kier alpha value is -3.81. The molecule has 2 amide bonds. The van der Waals surface area contributed by atoms with Gasteiger partial charge in [0.1, 0.15) is 0 Å². The number of carbonyl (C=O) groups is 2. The molecule has 8 heteroatoms. The summed E-state index contributed by atoms with van der Waals surface area (Å²) in [7, 11) is 3.02. The van der Waals surface area contributed by atoms with Crippen LogP contribution in [0.5, 0.6) is 11.5 Å². The summed E-state index contributed by atoms with van der Waals surface area (Å²) in [4.78, 5) is 28.1. The van der Waals surface area contributed by atoms with E-state index in [2.05, 4.69) is 26.9 Å². The average molecular weight is 420 g/mol. The van der Waals surface area contributed by atoms with E-state index in [1.807, 2.05) is 18.2 Å². The second-order valence-corrected chi connectivity index (χ2v) is 7.22. The number of aryl methyl sites for hydroxylation is 1. The lowest BCUT2D eigenvalue weighted by Gasteiger charge is -2.14. The highest BCUT2D eigenvalue weighted by Crippen LogP contribution is 2.29. The molecule has 31 heavy (non-hydrogen) atoms. The Morgan fingerprint density at radius 2 is 1.87 bits per heavy atom. The van der Waals surface area contributed by atoms with Crippen LogP contribution in [0.4, 0.5) is 0 Å². The predicted molar refractivity (Wildman–Crippen MR) is 118 cm³/mol. The molecule has 0 atom stereocenters. The van der Waals surface area contributed by atoms with Gasteiger partial charge in [-0.3, -0.25) is 9.59 Å². The molecular weight excluding hydrogens is 396 g/mol. The summed E-state index contributed by atoms with van der Waals surface area (Å²) < 4.78 is 10.4.